The summed E-state index contributed by atoms with van der Waals surface area (Å²) in [5.74, 6) is 0.708. The number of halogens is 2. The van der Waals surface area contributed by atoms with E-state index in [4.69, 9.17) is 11.6 Å². The predicted molar refractivity (Wildman–Crippen MR) is 82.3 cm³/mol. The van der Waals surface area contributed by atoms with Crippen molar-refractivity contribution >= 4 is 34.8 Å². The second kappa shape index (κ2) is 6.09. The average Bonchev–Trinajstić information content (AvgIpc) is 2.93. The van der Waals surface area contributed by atoms with E-state index in [1.165, 1.54) is 16.3 Å². The van der Waals surface area contributed by atoms with Gasteiger partial charge >= 0.3 is 0 Å². The minimum absolute atomic E-state index is 0. The van der Waals surface area contributed by atoms with Gasteiger partial charge in [-0.15, -0.1) is 24.0 Å². The number of aromatic amines is 1. The van der Waals surface area contributed by atoms with Crippen molar-refractivity contribution in [3.05, 3.63) is 66.2 Å². The fraction of sp³-hybridized carbons (Fsp3) is 0.133. The third-order valence-corrected chi connectivity index (χ3v) is 3.53. The molecule has 2 aromatic carbocycles. The molecule has 1 atom stereocenters. The maximum absolute atomic E-state index is 6.10. The van der Waals surface area contributed by atoms with Gasteiger partial charge in [-0.2, -0.15) is 0 Å². The van der Waals surface area contributed by atoms with Crippen LogP contribution in [0.3, 0.4) is 0 Å². The first kappa shape index (κ1) is 13.9. The fourth-order valence-corrected chi connectivity index (χ4v) is 2.58. The van der Waals surface area contributed by atoms with Crippen LogP contribution in [0, 0.1) is 0 Å². The van der Waals surface area contributed by atoms with Gasteiger partial charge in [0.25, 0.3) is 0 Å². The fourth-order valence-electron chi connectivity index (χ4n) is 2.23. The molecule has 3 rings (SSSR count). The standard InChI is InChI=1S/C15H13ClN2.ClH/c16-8-14(15-9-17-10-18-15)13-6-5-11-3-1-2-4-12(11)7-13;/h1-7,9-10,14H,8H2,(H,17,18);1H. The molecule has 0 spiro atoms. The molecular weight excluding hydrogens is 279 g/mol. The molecule has 0 amide bonds. The van der Waals surface area contributed by atoms with Gasteiger partial charge in [0.15, 0.2) is 0 Å². The molecule has 3 aromatic rings. The zero-order chi connectivity index (χ0) is 12.4. The van der Waals surface area contributed by atoms with Crippen LogP contribution < -0.4 is 0 Å². The second-order valence-electron chi connectivity index (χ2n) is 4.32. The summed E-state index contributed by atoms with van der Waals surface area (Å²) in [7, 11) is 0. The van der Waals surface area contributed by atoms with E-state index >= 15 is 0 Å². The predicted octanol–water partition coefficient (Wildman–Crippen LogP) is 4.36. The monoisotopic (exact) mass is 292 g/mol. The largest absolute Gasteiger partial charge is 0.348 e. The Labute approximate surface area is 123 Å². The molecule has 0 bridgehead atoms. The van der Waals surface area contributed by atoms with Crippen molar-refractivity contribution in [2.24, 2.45) is 0 Å². The maximum Gasteiger partial charge on any atom is 0.0921 e. The van der Waals surface area contributed by atoms with Crippen LogP contribution in [0.1, 0.15) is 17.2 Å². The van der Waals surface area contributed by atoms with Crippen molar-refractivity contribution in [3.8, 4) is 0 Å². The van der Waals surface area contributed by atoms with Gasteiger partial charge < -0.3 is 4.98 Å². The van der Waals surface area contributed by atoms with Crippen LogP contribution in [0.25, 0.3) is 10.8 Å². The van der Waals surface area contributed by atoms with Crippen molar-refractivity contribution in [1.29, 1.82) is 0 Å². The summed E-state index contributed by atoms with van der Waals surface area (Å²) < 4.78 is 0. The first-order valence-electron chi connectivity index (χ1n) is 5.91. The lowest BCUT2D eigenvalue weighted by molar-refractivity contribution is 0.893. The molecule has 19 heavy (non-hydrogen) atoms. The molecule has 4 heteroatoms. The van der Waals surface area contributed by atoms with E-state index in [0.717, 1.165) is 5.69 Å². The van der Waals surface area contributed by atoms with E-state index in [1.807, 2.05) is 6.20 Å². The Morgan fingerprint density at radius 3 is 2.58 bits per heavy atom. The minimum Gasteiger partial charge on any atom is -0.348 e. The van der Waals surface area contributed by atoms with Gasteiger partial charge in [-0.1, -0.05) is 42.5 Å². The number of benzene rings is 2. The topological polar surface area (TPSA) is 28.7 Å². The van der Waals surface area contributed by atoms with Crippen LogP contribution in [-0.2, 0) is 0 Å². The van der Waals surface area contributed by atoms with E-state index < -0.39 is 0 Å². The number of hydrogen-bond donors (Lipinski definition) is 1. The average molecular weight is 293 g/mol. The van der Waals surface area contributed by atoms with Crippen molar-refractivity contribution < 1.29 is 0 Å². The summed E-state index contributed by atoms with van der Waals surface area (Å²) >= 11 is 6.10. The highest BCUT2D eigenvalue weighted by Gasteiger charge is 2.14. The molecule has 1 aromatic heterocycles. The van der Waals surface area contributed by atoms with Crippen LogP contribution in [0.15, 0.2) is 55.0 Å². The number of aromatic nitrogens is 2. The van der Waals surface area contributed by atoms with Crippen molar-refractivity contribution in [1.82, 2.24) is 9.97 Å². The van der Waals surface area contributed by atoms with Gasteiger partial charge in [-0.25, -0.2) is 4.98 Å². The molecule has 1 N–H and O–H groups in total. The molecular formula is C15H14Cl2N2. The molecule has 1 heterocycles. The Kier molecular flexibility index (Phi) is 4.46. The SMILES string of the molecule is Cl.ClCC(c1ccc2ccccc2c1)c1cnc[nH]1. The molecule has 0 fully saturated rings. The highest BCUT2D eigenvalue weighted by molar-refractivity contribution is 6.18. The highest BCUT2D eigenvalue weighted by atomic mass is 35.5. The molecule has 2 nitrogen and oxygen atoms in total. The van der Waals surface area contributed by atoms with Gasteiger partial charge in [-0.05, 0) is 16.3 Å². The van der Waals surface area contributed by atoms with Crippen molar-refractivity contribution in [2.75, 3.05) is 5.88 Å². The summed E-state index contributed by atoms with van der Waals surface area (Å²) in [5, 5.41) is 2.49. The quantitative estimate of drug-likeness (QED) is 0.714. The first-order valence-corrected chi connectivity index (χ1v) is 6.45. The third kappa shape index (κ3) is 2.75. The van der Waals surface area contributed by atoms with Gasteiger partial charge in [-0.3, -0.25) is 0 Å². The summed E-state index contributed by atoms with van der Waals surface area (Å²) in [4.78, 5) is 7.20. The summed E-state index contributed by atoms with van der Waals surface area (Å²) in [6, 6.07) is 14.8. The zero-order valence-electron chi connectivity index (χ0n) is 10.2. The van der Waals surface area contributed by atoms with E-state index in [0.29, 0.717) is 5.88 Å². The van der Waals surface area contributed by atoms with E-state index in [2.05, 4.69) is 52.4 Å². The summed E-state index contributed by atoms with van der Waals surface area (Å²) in [6.45, 7) is 0. The third-order valence-electron chi connectivity index (χ3n) is 3.22. The molecule has 0 aliphatic rings. The number of H-pyrrole nitrogens is 1. The first-order chi connectivity index (χ1) is 8.88. The van der Waals surface area contributed by atoms with Crippen LogP contribution in [0.2, 0.25) is 0 Å². The highest BCUT2D eigenvalue weighted by Crippen LogP contribution is 2.27. The molecule has 98 valence electrons. The number of nitrogens with zero attached hydrogens (tertiary/aromatic N) is 1. The van der Waals surface area contributed by atoms with Crippen LogP contribution in [-0.4, -0.2) is 15.8 Å². The number of fused-ring (bicyclic) bond motifs is 1. The van der Waals surface area contributed by atoms with Crippen LogP contribution in [0.5, 0.6) is 0 Å². The lowest BCUT2D eigenvalue weighted by Crippen LogP contribution is -2.03. The second-order valence-corrected chi connectivity index (χ2v) is 4.63. The smallest absolute Gasteiger partial charge is 0.0921 e. The van der Waals surface area contributed by atoms with Crippen LogP contribution >= 0.6 is 24.0 Å². The Hall–Kier alpha value is -1.51. The normalized spacial score (nSPS) is 12.1. The molecule has 0 aliphatic carbocycles. The summed E-state index contributed by atoms with van der Waals surface area (Å²) in [5.41, 5.74) is 2.27. The van der Waals surface area contributed by atoms with Gasteiger partial charge in [0, 0.05) is 23.7 Å². The number of hydrogen-bond acceptors (Lipinski definition) is 1. The Morgan fingerprint density at radius 1 is 1.11 bits per heavy atom. The number of alkyl halides is 1. The zero-order valence-corrected chi connectivity index (χ0v) is 11.8. The Balaban J connectivity index is 0.00000133. The molecule has 0 aliphatic heterocycles. The lowest BCUT2D eigenvalue weighted by Gasteiger charge is -2.13. The van der Waals surface area contributed by atoms with E-state index in [9.17, 15) is 0 Å². The van der Waals surface area contributed by atoms with E-state index in [-0.39, 0.29) is 18.3 Å². The number of imidazole rings is 1. The molecule has 0 saturated carbocycles. The van der Waals surface area contributed by atoms with Gasteiger partial charge in [0.05, 0.1) is 6.33 Å². The Morgan fingerprint density at radius 2 is 1.89 bits per heavy atom. The van der Waals surface area contributed by atoms with Crippen molar-refractivity contribution in [2.45, 2.75) is 5.92 Å². The maximum atomic E-state index is 6.10. The lowest BCUT2D eigenvalue weighted by atomic mass is 9.95. The number of nitrogens with one attached hydrogen (secondary N) is 1. The number of rotatable bonds is 3. The van der Waals surface area contributed by atoms with Gasteiger partial charge in [0.2, 0.25) is 0 Å². The summed E-state index contributed by atoms with van der Waals surface area (Å²) in [6.07, 6.45) is 3.53. The van der Waals surface area contributed by atoms with E-state index in [1.54, 1.807) is 6.33 Å². The van der Waals surface area contributed by atoms with Gasteiger partial charge in [0.1, 0.15) is 0 Å². The van der Waals surface area contributed by atoms with Crippen LogP contribution in [0.4, 0.5) is 0 Å². The minimum atomic E-state index is 0. The molecule has 1 unspecified atom stereocenters. The molecule has 0 saturated heterocycles. The molecule has 0 radical (unpaired) electrons. The van der Waals surface area contributed by atoms with Crippen molar-refractivity contribution in [3.63, 3.8) is 0 Å². The Bertz CT molecular complexity index is 650.